The first-order valence-corrected chi connectivity index (χ1v) is 7.19. The van der Waals surface area contributed by atoms with Crippen molar-refractivity contribution in [3.05, 3.63) is 41.3 Å². The second kappa shape index (κ2) is 10.1. The Kier molecular flexibility index (Phi) is 8.38. The maximum absolute atomic E-state index is 10.8. The minimum Gasteiger partial charge on any atom is -0.484 e. The van der Waals surface area contributed by atoms with Crippen LogP contribution in [0, 0.1) is 17.0 Å². The van der Waals surface area contributed by atoms with E-state index in [4.69, 9.17) is 4.74 Å². The first kappa shape index (κ1) is 17.4. The van der Waals surface area contributed by atoms with Crippen LogP contribution in [0.5, 0.6) is 5.75 Å². The second-order valence-corrected chi connectivity index (χ2v) is 4.81. The van der Waals surface area contributed by atoms with Crippen molar-refractivity contribution in [3.8, 4) is 5.75 Å². The van der Waals surface area contributed by atoms with Crippen LogP contribution in [0.4, 0.5) is 5.69 Å². The molecule has 0 amide bonds. The molecule has 0 heterocycles. The maximum Gasteiger partial charge on any atom is 0.310 e. The molecule has 0 saturated heterocycles. The summed E-state index contributed by atoms with van der Waals surface area (Å²) >= 11 is 0. The Balaban J connectivity index is 2.24. The van der Waals surface area contributed by atoms with Gasteiger partial charge in [-0.15, -0.1) is 0 Å². The van der Waals surface area contributed by atoms with Gasteiger partial charge in [0.2, 0.25) is 0 Å². The molecule has 0 aliphatic rings. The van der Waals surface area contributed by atoms with E-state index in [1.165, 1.54) is 12.1 Å². The molecule has 0 aliphatic carbocycles. The van der Waals surface area contributed by atoms with Crippen LogP contribution in [-0.4, -0.2) is 35.8 Å². The van der Waals surface area contributed by atoms with Crippen LogP contribution in [0.15, 0.2) is 24.3 Å². The van der Waals surface area contributed by atoms with E-state index in [2.05, 4.69) is 12.2 Å². The number of para-hydroxylation sites is 2. The molecule has 6 heteroatoms. The summed E-state index contributed by atoms with van der Waals surface area (Å²) in [5.74, 6) is 0.178. The smallest absolute Gasteiger partial charge is 0.310 e. The zero-order chi connectivity index (χ0) is 15.5. The predicted molar refractivity (Wildman–Crippen MR) is 81.3 cm³/mol. The summed E-state index contributed by atoms with van der Waals surface area (Å²) in [6.07, 6.45) is 3.54. The lowest BCUT2D eigenvalue weighted by atomic mass is 10.2. The maximum atomic E-state index is 10.8. The van der Waals surface area contributed by atoms with Crippen LogP contribution in [0.3, 0.4) is 0 Å². The fourth-order valence-corrected chi connectivity index (χ4v) is 1.85. The number of nitrogens with zero attached hydrogens (tertiary/aromatic N) is 1. The number of aliphatic hydroxyl groups is 1. The van der Waals surface area contributed by atoms with Crippen molar-refractivity contribution in [3.63, 3.8) is 0 Å². The number of aliphatic hydroxyl groups excluding tert-OH is 1. The number of unbranched alkanes of at least 4 members (excludes halogenated alkanes) is 3. The average Bonchev–Trinajstić information content (AvgIpc) is 2.49. The molecule has 0 spiro atoms. The Morgan fingerprint density at radius 2 is 2.10 bits per heavy atom. The molecule has 1 aromatic carbocycles. The Morgan fingerprint density at radius 3 is 2.81 bits per heavy atom. The van der Waals surface area contributed by atoms with E-state index in [9.17, 15) is 15.2 Å². The van der Waals surface area contributed by atoms with Gasteiger partial charge < -0.3 is 15.2 Å². The van der Waals surface area contributed by atoms with Crippen LogP contribution in [0.1, 0.15) is 25.7 Å². The molecular formula is C15H23N2O4. The molecule has 1 atom stereocenters. The van der Waals surface area contributed by atoms with Gasteiger partial charge in [0.05, 0.1) is 4.92 Å². The van der Waals surface area contributed by atoms with Crippen LogP contribution < -0.4 is 10.1 Å². The van der Waals surface area contributed by atoms with Crippen molar-refractivity contribution >= 4 is 5.69 Å². The quantitative estimate of drug-likeness (QED) is 0.372. The number of nitro groups is 1. The summed E-state index contributed by atoms with van der Waals surface area (Å²) in [5, 5.41) is 23.7. The zero-order valence-electron chi connectivity index (χ0n) is 12.2. The number of ether oxygens (including phenoxy) is 1. The summed E-state index contributed by atoms with van der Waals surface area (Å²) in [7, 11) is 0. The van der Waals surface area contributed by atoms with E-state index < -0.39 is 11.0 Å². The highest BCUT2D eigenvalue weighted by atomic mass is 16.6. The molecule has 117 valence electrons. The Hall–Kier alpha value is -1.66. The standard InChI is InChI=1S/C15H23N2O4/c1-2-3-4-7-10-16-11-13(18)12-21-15-9-6-5-8-14(15)17(19)20/h5-6,8-9,13,16,18H,1-4,7,10-12H2. The van der Waals surface area contributed by atoms with E-state index in [-0.39, 0.29) is 18.0 Å². The van der Waals surface area contributed by atoms with E-state index in [0.717, 1.165) is 32.2 Å². The number of nitro benzene ring substituents is 1. The number of hydrogen-bond donors (Lipinski definition) is 2. The molecule has 1 aromatic rings. The minimum absolute atomic E-state index is 0.0245. The van der Waals surface area contributed by atoms with E-state index in [1.807, 2.05) is 0 Å². The summed E-state index contributed by atoms with van der Waals surface area (Å²) < 4.78 is 5.32. The SMILES string of the molecule is [CH2]CCCCCNCC(O)COc1ccccc1[N+](=O)[O-]. The number of rotatable bonds is 11. The van der Waals surface area contributed by atoms with Crippen LogP contribution >= 0.6 is 0 Å². The van der Waals surface area contributed by atoms with Gasteiger partial charge in [-0.3, -0.25) is 10.1 Å². The Bertz CT molecular complexity index is 426. The molecule has 21 heavy (non-hydrogen) atoms. The summed E-state index contributed by atoms with van der Waals surface area (Å²) in [5.41, 5.74) is -0.0918. The lowest BCUT2D eigenvalue weighted by Gasteiger charge is -2.13. The topological polar surface area (TPSA) is 84.6 Å². The molecular weight excluding hydrogens is 272 g/mol. The van der Waals surface area contributed by atoms with Crippen molar-refractivity contribution in [2.75, 3.05) is 19.7 Å². The zero-order valence-corrected chi connectivity index (χ0v) is 12.2. The Labute approximate surface area is 125 Å². The van der Waals surface area contributed by atoms with Gasteiger partial charge in [0.15, 0.2) is 5.75 Å². The average molecular weight is 295 g/mol. The van der Waals surface area contributed by atoms with Crippen LogP contribution in [0.25, 0.3) is 0 Å². The van der Waals surface area contributed by atoms with Crippen molar-refractivity contribution in [1.29, 1.82) is 0 Å². The summed E-state index contributed by atoms with van der Waals surface area (Å²) in [6.45, 7) is 5.05. The molecule has 0 saturated carbocycles. The molecule has 1 rings (SSSR count). The van der Waals surface area contributed by atoms with Crippen molar-refractivity contribution in [2.24, 2.45) is 0 Å². The minimum atomic E-state index is -0.697. The molecule has 2 N–H and O–H groups in total. The van der Waals surface area contributed by atoms with Gasteiger partial charge >= 0.3 is 5.69 Å². The summed E-state index contributed by atoms with van der Waals surface area (Å²) in [4.78, 5) is 10.3. The van der Waals surface area contributed by atoms with Gasteiger partial charge in [-0.2, -0.15) is 0 Å². The number of nitrogens with one attached hydrogen (secondary N) is 1. The van der Waals surface area contributed by atoms with E-state index >= 15 is 0 Å². The molecule has 0 bridgehead atoms. The second-order valence-electron chi connectivity index (χ2n) is 4.81. The van der Waals surface area contributed by atoms with Gasteiger partial charge in [0, 0.05) is 12.6 Å². The molecule has 0 fully saturated rings. The fourth-order valence-electron chi connectivity index (χ4n) is 1.85. The molecule has 0 aliphatic heterocycles. The first-order valence-electron chi connectivity index (χ1n) is 7.19. The monoisotopic (exact) mass is 295 g/mol. The predicted octanol–water partition coefficient (Wildman–Crippen LogP) is 2.32. The van der Waals surface area contributed by atoms with Crippen molar-refractivity contribution in [1.82, 2.24) is 5.32 Å². The highest BCUT2D eigenvalue weighted by Gasteiger charge is 2.14. The third kappa shape index (κ3) is 7.06. The molecule has 1 unspecified atom stereocenters. The van der Waals surface area contributed by atoms with E-state index in [1.54, 1.807) is 12.1 Å². The Morgan fingerprint density at radius 1 is 1.33 bits per heavy atom. The molecule has 1 radical (unpaired) electrons. The first-order chi connectivity index (χ1) is 10.1. The summed E-state index contributed by atoms with van der Waals surface area (Å²) in [6, 6.07) is 6.14. The molecule has 6 nitrogen and oxygen atoms in total. The highest BCUT2D eigenvalue weighted by molar-refractivity contribution is 5.45. The van der Waals surface area contributed by atoms with Crippen LogP contribution in [0.2, 0.25) is 0 Å². The van der Waals surface area contributed by atoms with Gasteiger partial charge in [0.25, 0.3) is 0 Å². The lowest BCUT2D eigenvalue weighted by Crippen LogP contribution is -2.32. The fraction of sp³-hybridized carbons (Fsp3) is 0.533. The third-order valence-electron chi connectivity index (χ3n) is 2.98. The van der Waals surface area contributed by atoms with Gasteiger partial charge in [-0.1, -0.05) is 38.3 Å². The van der Waals surface area contributed by atoms with Gasteiger partial charge in [0.1, 0.15) is 12.7 Å². The third-order valence-corrected chi connectivity index (χ3v) is 2.98. The van der Waals surface area contributed by atoms with Crippen molar-refractivity contribution in [2.45, 2.75) is 31.8 Å². The largest absolute Gasteiger partial charge is 0.484 e. The van der Waals surface area contributed by atoms with Gasteiger partial charge in [-0.05, 0) is 19.0 Å². The normalized spacial score (nSPS) is 12.1. The van der Waals surface area contributed by atoms with Crippen LogP contribution in [-0.2, 0) is 0 Å². The van der Waals surface area contributed by atoms with Gasteiger partial charge in [-0.25, -0.2) is 0 Å². The van der Waals surface area contributed by atoms with E-state index in [0.29, 0.717) is 6.54 Å². The number of hydrogen-bond acceptors (Lipinski definition) is 5. The highest BCUT2D eigenvalue weighted by Crippen LogP contribution is 2.25. The van der Waals surface area contributed by atoms with Crippen molar-refractivity contribution < 1.29 is 14.8 Å². The number of benzene rings is 1. The lowest BCUT2D eigenvalue weighted by molar-refractivity contribution is -0.385. The molecule has 0 aromatic heterocycles.